The van der Waals surface area contributed by atoms with Gasteiger partial charge in [-0.25, -0.2) is 4.79 Å². The summed E-state index contributed by atoms with van der Waals surface area (Å²) in [5.41, 5.74) is 0. The Balaban J connectivity index is 4.42. The number of esters is 1. The van der Waals surface area contributed by atoms with Gasteiger partial charge in [-0.2, -0.15) is 0 Å². The highest BCUT2D eigenvalue weighted by Gasteiger charge is 2.26. The van der Waals surface area contributed by atoms with Gasteiger partial charge < -0.3 is 15.4 Å². The lowest BCUT2D eigenvalue weighted by Gasteiger charge is -2.22. The van der Waals surface area contributed by atoms with Crippen LogP contribution in [0.25, 0.3) is 0 Å². The highest BCUT2D eigenvalue weighted by atomic mass is 16.5. The fraction of sp³-hybridized carbons (Fsp3) is 0.818. The van der Waals surface area contributed by atoms with Crippen LogP contribution in [0.3, 0.4) is 0 Å². The molecule has 0 spiro atoms. The third-order valence-corrected chi connectivity index (χ3v) is 2.41. The molecule has 0 saturated carbocycles. The maximum Gasteiger partial charge on any atom is 0.328 e. The summed E-state index contributed by atoms with van der Waals surface area (Å²) in [6, 6.07) is -0.550. The van der Waals surface area contributed by atoms with Gasteiger partial charge >= 0.3 is 5.97 Å². The monoisotopic (exact) mass is 230 g/mol. The molecular formula is C11H22N2O3. The van der Waals surface area contributed by atoms with Gasteiger partial charge in [0.1, 0.15) is 6.04 Å². The molecular weight excluding hydrogens is 208 g/mol. The molecule has 16 heavy (non-hydrogen) atoms. The van der Waals surface area contributed by atoms with Gasteiger partial charge in [0.15, 0.2) is 0 Å². The van der Waals surface area contributed by atoms with E-state index in [9.17, 15) is 9.59 Å². The first kappa shape index (κ1) is 14.9. The van der Waals surface area contributed by atoms with E-state index in [0.29, 0.717) is 6.61 Å². The summed E-state index contributed by atoms with van der Waals surface area (Å²) in [6.07, 6.45) is 0.809. The molecule has 2 atom stereocenters. The topological polar surface area (TPSA) is 67.4 Å². The minimum absolute atomic E-state index is 0.0693. The quantitative estimate of drug-likeness (QED) is 0.617. The number of carbonyl (C=O) groups excluding carboxylic acids is 2. The van der Waals surface area contributed by atoms with Gasteiger partial charge in [-0.15, -0.1) is 0 Å². The van der Waals surface area contributed by atoms with Crippen LogP contribution in [-0.2, 0) is 14.3 Å². The molecule has 0 radical (unpaired) electrons. The molecule has 0 aromatic rings. The fourth-order valence-electron chi connectivity index (χ4n) is 1.29. The first-order chi connectivity index (χ1) is 7.56. The Morgan fingerprint density at radius 3 is 2.38 bits per heavy atom. The molecule has 0 saturated heterocycles. The van der Waals surface area contributed by atoms with Crippen LogP contribution in [0.4, 0.5) is 0 Å². The normalized spacial score (nSPS) is 14.0. The Morgan fingerprint density at radius 1 is 1.31 bits per heavy atom. The molecule has 0 aliphatic heterocycles. The molecule has 0 rings (SSSR count). The largest absolute Gasteiger partial charge is 0.464 e. The molecule has 0 bridgehead atoms. The summed E-state index contributed by atoms with van der Waals surface area (Å²) in [6.45, 7) is 6.17. The number of amides is 1. The lowest BCUT2D eigenvalue weighted by atomic mass is 9.99. The summed E-state index contributed by atoms with van der Waals surface area (Å²) >= 11 is 0. The van der Waals surface area contributed by atoms with E-state index in [4.69, 9.17) is 4.74 Å². The maximum atomic E-state index is 11.6. The standard InChI is InChI=1S/C11H22N2O3/c1-5-8(3)10(11(15)16-6-2)13-9(14)7-12-4/h8,10,12H,5-7H2,1-4H3,(H,13,14). The van der Waals surface area contributed by atoms with Crippen molar-refractivity contribution in [2.45, 2.75) is 33.2 Å². The zero-order valence-electron chi connectivity index (χ0n) is 10.5. The zero-order chi connectivity index (χ0) is 12.6. The zero-order valence-corrected chi connectivity index (χ0v) is 10.5. The summed E-state index contributed by atoms with van der Waals surface area (Å²) in [5, 5.41) is 5.41. The predicted octanol–water partition coefficient (Wildman–Crippen LogP) is 0.300. The minimum Gasteiger partial charge on any atom is -0.464 e. The molecule has 0 aliphatic rings. The third-order valence-electron chi connectivity index (χ3n) is 2.41. The number of nitrogens with one attached hydrogen (secondary N) is 2. The molecule has 2 unspecified atom stereocenters. The highest BCUT2D eigenvalue weighted by molar-refractivity contribution is 5.85. The van der Waals surface area contributed by atoms with Crippen molar-refractivity contribution in [2.75, 3.05) is 20.2 Å². The summed E-state index contributed by atoms with van der Waals surface area (Å²) in [4.78, 5) is 23.0. The van der Waals surface area contributed by atoms with Gasteiger partial charge in [-0.05, 0) is 19.9 Å². The van der Waals surface area contributed by atoms with E-state index in [1.54, 1.807) is 14.0 Å². The Bertz CT molecular complexity index is 231. The second-order valence-electron chi connectivity index (χ2n) is 3.71. The molecule has 2 N–H and O–H groups in total. The van der Waals surface area contributed by atoms with Gasteiger partial charge in [-0.3, -0.25) is 4.79 Å². The molecule has 5 nitrogen and oxygen atoms in total. The van der Waals surface area contributed by atoms with Crippen molar-refractivity contribution in [3.05, 3.63) is 0 Å². The van der Waals surface area contributed by atoms with Crippen molar-refractivity contribution in [3.63, 3.8) is 0 Å². The van der Waals surface area contributed by atoms with Gasteiger partial charge in [0.05, 0.1) is 13.2 Å². The number of rotatable bonds is 7. The molecule has 5 heteroatoms. The van der Waals surface area contributed by atoms with Crippen LogP contribution >= 0.6 is 0 Å². The van der Waals surface area contributed by atoms with E-state index in [1.807, 2.05) is 13.8 Å². The Hall–Kier alpha value is -1.10. The van der Waals surface area contributed by atoms with Crippen molar-refractivity contribution in [1.82, 2.24) is 10.6 Å². The first-order valence-electron chi connectivity index (χ1n) is 5.67. The van der Waals surface area contributed by atoms with Crippen LogP contribution in [0, 0.1) is 5.92 Å². The van der Waals surface area contributed by atoms with Gasteiger partial charge in [0, 0.05) is 0 Å². The predicted molar refractivity (Wildman–Crippen MR) is 61.9 cm³/mol. The average molecular weight is 230 g/mol. The second-order valence-corrected chi connectivity index (χ2v) is 3.71. The lowest BCUT2D eigenvalue weighted by molar-refractivity contribution is -0.148. The van der Waals surface area contributed by atoms with Crippen LogP contribution in [-0.4, -0.2) is 38.1 Å². The van der Waals surface area contributed by atoms with Gasteiger partial charge in [-0.1, -0.05) is 20.3 Å². The average Bonchev–Trinajstić information content (AvgIpc) is 2.25. The van der Waals surface area contributed by atoms with Gasteiger partial charge in [0.2, 0.25) is 5.91 Å². The van der Waals surface area contributed by atoms with E-state index >= 15 is 0 Å². The van der Waals surface area contributed by atoms with Crippen LogP contribution in [0.5, 0.6) is 0 Å². The van der Waals surface area contributed by atoms with Crippen molar-refractivity contribution < 1.29 is 14.3 Å². The number of hydrogen-bond donors (Lipinski definition) is 2. The lowest BCUT2D eigenvalue weighted by Crippen LogP contribution is -2.48. The highest BCUT2D eigenvalue weighted by Crippen LogP contribution is 2.09. The summed E-state index contributed by atoms with van der Waals surface area (Å²) < 4.78 is 4.93. The van der Waals surface area contributed by atoms with Crippen LogP contribution < -0.4 is 10.6 Å². The Labute approximate surface area is 96.9 Å². The second kappa shape index (κ2) is 8.10. The Morgan fingerprint density at radius 2 is 1.94 bits per heavy atom. The van der Waals surface area contributed by atoms with Crippen molar-refractivity contribution in [3.8, 4) is 0 Å². The third kappa shape index (κ3) is 5.11. The van der Waals surface area contributed by atoms with E-state index in [1.165, 1.54) is 0 Å². The molecule has 0 aromatic heterocycles. The molecule has 0 aromatic carbocycles. The van der Waals surface area contributed by atoms with Crippen molar-refractivity contribution in [1.29, 1.82) is 0 Å². The van der Waals surface area contributed by atoms with Crippen LogP contribution in [0.15, 0.2) is 0 Å². The number of carbonyl (C=O) groups is 2. The fourth-order valence-corrected chi connectivity index (χ4v) is 1.29. The molecule has 0 heterocycles. The van der Waals surface area contributed by atoms with E-state index < -0.39 is 6.04 Å². The number of ether oxygens (including phenoxy) is 1. The SMILES string of the molecule is CCOC(=O)C(NC(=O)CNC)C(C)CC. The van der Waals surface area contributed by atoms with E-state index in [2.05, 4.69) is 10.6 Å². The van der Waals surface area contributed by atoms with Crippen molar-refractivity contribution >= 4 is 11.9 Å². The molecule has 0 fully saturated rings. The van der Waals surface area contributed by atoms with Crippen LogP contribution in [0.2, 0.25) is 0 Å². The molecule has 94 valence electrons. The van der Waals surface area contributed by atoms with Crippen molar-refractivity contribution in [2.24, 2.45) is 5.92 Å². The van der Waals surface area contributed by atoms with E-state index in [0.717, 1.165) is 6.42 Å². The van der Waals surface area contributed by atoms with E-state index in [-0.39, 0.29) is 24.3 Å². The molecule has 1 amide bonds. The number of hydrogen-bond acceptors (Lipinski definition) is 4. The summed E-state index contributed by atoms with van der Waals surface area (Å²) in [5.74, 6) is -0.484. The van der Waals surface area contributed by atoms with Gasteiger partial charge in [0.25, 0.3) is 0 Å². The smallest absolute Gasteiger partial charge is 0.328 e. The number of likely N-dealkylation sites (N-methyl/N-ethyl adjacent to an activating group) is 1. The molecule has 0 aliphatic carbocycles. The minimum atomic E-state index is -0.550. The van der Waals surface area contributed by atoms with Crippen LogP contribution in [0.1, 0.15) is 27.2 Å². The Kier molecular flexibility index (Phi) is 7.54. The maximum absolute atomic E-state index is 11.6. The summed E-state index contributed by atoms with van der Waals surface area (Å²) in [7, 11) is 1.68. The first-order valence-corrected chi connectivity index (χ1v) is 5.67.